The number of nitrogens with zero attached hydrogens (tertiary/aromatic N) is 4. The molecule has 1 saturated heterocycles. The number of fused-ring (bicyclic) bond motifs is 1. The van der Waals surface area contributed by atoms with Crippen LogP contribution in [0.15, 0.2) is 22.7 Å². The van der Waals surface area contributed by atoms with Crippen LogP contribution in [0.3, 0.4) is 0 Å². The quantitative estimate of drug-likeness (QED) is 0.849. The van der Waals surface area contributed by atoms with Crippen molar-refractivity contribution >= 4 is 6.01 Å². The maximum atomic E-state index is 5.43. The molecule has 2 aromatic rings. The van der Waals surface area contributed by atoms with Crippen LogP contribution in [0.5, 0.6) is 11.5 Å². The Hall–Kier alpha value is -2.28. The van der Waals surface area contributed by atoms with Crippen LogP contribution < -0.4 is 14.4 Å². The number of hydrogen-bond acceptors (Lipinski definition) is 7. The Balaban J connectivity index is 1.36. The van der Waals surface area contributed by atoms with E-state index >= 15 is 0 Å². The molecule has 7 heteroatoms. The van der Waals surface area contributed by atoms with E-state index in [-0.39, 0.29) is 0 Å². The molecule has 0 bridgehead atoms. The van der Waals surface area contributed by atoms with Crippen LogP contribution in [0.4, 0.5) is 6.01 Å². The number of aromatic nitrogens is 2. The lowest BCUT2D eigenvalue weighted by Gasteiger charge is -2.33. The van der Waals surface area contributed by atoms with Crippen molar-refractivity contribution in [1.82, 2.24) is 15.0 Å². The lowest BCUT2D eigenvalue weighted by Crippen LogP contribution is -2.46. The highest BCUT2D eigenvalue weighted by molar-refractivity contribution is 5.44. The number of rotatable bonds is 3. The van der Waals surface area contributed by atoms with Crippen molar-refractivity contribution in [1.29, 1.82) is 0 Å². The summed E-state index contributed by atoms with van der Waals surface area (Å²) < 4.78 is 16.0. The molecule has 1 aromatic carbocycles. The van der Waals surface area contributed by atoms with E-state index in [2.05, 4.69) is 32.1 Å². The molecule has 0 unspecified atom stereocenters. The second-order valence-electron chi connectivity index (χ2n) is 5.57. The Kier molecular flexibility index (Phi) is 3.34. The molecule has 0 N–H and O–H groups in total. The third-order valence-corrected chi connectivity index (χ3v) is 4.00. The Labute approximate surface area is 128 Å². The Morgan fingerprint density at radius 3 is 2.68 bits per heavy atom. The van der Waals surface area contributed by atoms with Crippen LogP contribution in [0.2, 0.25) is 0 Å². The highest BCUT2D eigenvalue weighted by atomic mass is 16.7. The smallest absolute Gasteiger partial charge is 0.324 e. The van der Waals surface area contributed by atoms with Crippen LogP contribution in [0.25, 0.3) is 0 Å². The van der Waals surface area contributed by atoms with E-state index < -0.39 is 0 Å². The summed E-state index contributed by atoms with van der Waals surface area (Å²) in [6.45, 7) is 6.79. The predicted octanol–water partition coefficient (Wildman–Crippen LogP) is 1.43. The molecule has 1 fully saturated rings. The van der Waals surface area contributed by atoms with Crippen LogP contribution in [0, 0.1) is 6.92 Å². The Morgan fingerprint density at radius 2 is 1.91 bits per heavy atom. The maximum Gasteiger partial charge on any atom is 0.324 e. The number of aryl methyl sites for hydroxylation is 1. The van der Waals surface area contributed by atoms with Gasteiger partial charge in [-0.05, 0) is 24.6 Å². The molecule has 0 atom stereocenters. The number of benzene rings is 1. The molecule has 7 nitrogen and oxygen atoms in total. The topological polar surface area (TPSA) is 63.9 Å². The minimum absolute atomic E-state index is 0.320. The minimum Gasteiger partial charge on any atom is -0.454 e. The van der Waals surface area contributed by atoms with Crippen LogP contribution in [-0.4, -0.2) is 48.0 Å². The second-order valence-corrected chi connectivity index (χ2v) is 5.57. The first-order valence-electron chi connectivity index (χ1n) is 7.44. The van der Waals surface area contributed by atoms with Crippen molar-refractivity contribution in [3.05, 3.63) is 29.6 Å². The molecule has 0 radical (unpaired) electrons. The second kappa shape index (κ2) is 5.49. The highest BCUT2D eigenvalue weighted by Gasteiger charge is 2.21. The summed E-state index contributed by atoms with van der Waals surface area (Å²) in [4.78, 5) is 8.83. The SMILES string of the molecule is Cc1noc(N2CCN(Cc3ccc4c(c3)OCO4)CC2)n1. The molecule has 3 heterocycles. The van der Waals surface area contributed by atoms with Gasteiger partial charge in [0.2, 0.25) is 6.79 Å². The lowest BCUT2D eigenvalue weighted by molar-refractivity contribution is 0.174. The minimum atomic E-state index is 0.320. The third-order valence-electron chi connectivity index (χ3n) is 4.00. The van der Waals surface area contributed by atoms with E-state index in [1.165, 1.54) is 5.56 Å². The number of ether oxygens (including phenoxy) is 2. The third kappa shape index (κ3) is 2.59. The largest absolute Gasteiger partial charge is 0.454 e. The van der Waals surface area contributed by atoms with E-state index in [1.54, 1.807) is 0 Å². The van der Waals surface area contributed by atoms with E-state index in [0.29, 0.717) is 18.6 Å². The summed E-state index contributed by atoms with van der Waals surface area (Å²) in [5.74, 6) is 2.36. The maximum absolute atomic E-state index is 5.43. The zero-order valence-corrected chi connectivity index (χ0v) is 12.5. The van der Waals surface area contributed by atoms with E-state index in [4.69, 9.17) is 14.0 Å². The summed E-state index contributed by atoms with van der Waals surface area (Å²) >= 11 is 0. The van der Waals surface area contributed by atoms with Gasteiger partial charge >= 0.3 is 6.01 Å². The molecule has 1 aromatic heterocycles. The van der Waals surface area contributed by atoms with Gasteiger partial charge in [0.15, 0.2) is 17.3 Å². The van der Waals surface area contributed by atoms with Crippen molar-refractivity contribution in [3.8, 4) is 11.5 Å². The normalized spacial score (nSPS) is 18.0. The van der Waals surface area contributed by atoms with Crippen molar-refractivity contribution < 1.29 is 14.0 Å². The van der Waals surface area contributed by atoms with Crippen molar-refractivity contribution in [3.63, 3.8) is 0 Å². The molecule has 2 aliphatic heterocycles. The number of hydrogen-bond donors (Lipinski definition) is 0. The molecule has 0 aliphatic carbocycles. The molecule has 22 heavy (non-hydrogen) atoms. The van der Waals surface area contributed by atoms with Gasteiger partial charge in [-0.2, -0.15) is 4.98 Å². The zero-order chi connectivity index (χ0) is 14.9. The summed E-state index contributed by atoms with van der Waals surface area (Å²) in [6.07, 6.45) is 0. The van der Waals surface area contributed by atoms with E-state index in [9.17, 15) is 0 Å². The summed E-state index contributed by atoms with van der Waals surface area (Å²) in [6, 6.07) is 6.77. The van der Waals surface area contributed by atoms with Gasteiger partial charge in [-0.3, -0.25) is 4.90 Å². The van der Waals surface area contributed by atoms with Gasteiger partial charge in [-0.1, -0.05) is 11.2 Å². The predicted molar refractivity (Wildman–Crippen MR) is 79.1 cm³/mol. The first kappa shape index (κ1) is 13.4. The molecule has 0 spiro atoms. The first-order chi connectivity index (χ1) is 10.8. The summed E-state index contributed by atoms with van der Waals surface area (Å²) in [5, 5.41) is 3.84. The fraction of sp³-hybridized carbons (Fsp3) is 0.467. The standard InChI is InChI=1S/C15H18N4O3/c1-11-16-15(22-17-11)19-6-4-18(5-7-19)9-12-2-3-13-14(8-12)21-10-20-13/h2-3,8H,4-7,9-10H2,1H3. The average molecular weight is 302 g/mol. The van der Waals surface area contributed by atoms with Crippen LogP contribution >= 0.6 is 0 Å². The van der Waals surface area contributed by atoms with Gasteiger partial charge in [-0.25, -0.2) is 0 Å². The van der Waals surface area contributed by atoms with Gasteiger partial charge in [0.1, 0.15) is 0 Å². The molecular weight excluding hydrogens is 284 g/mol. The molecular formula is C15H18N4O3. The van der Waals surface area contributed by atoms with Gasteiger partial charge < -0.3 is 18.9 Å². The van der Waals surface area contributed by atoms with Gasteiger partial charge in [0, 0.05) is 32.7 Å². The number of anilines is 1. The van der Waals surface area contributed by atoms with Crippen LogP contribution in [-0.2, 0) is 6.54 Å². The number of piperazine rings is 1. The summed E-state index contributed by atoms with van der Waals surface area (Å²) in [7, 11) is 0. The molecule has 0 saturated carbocycles. The van der Waals surface area contributed by atoms with E-state index in [0.717, 1.165) is 44.2 Å². The monoisotopic (exact) mass is 302 g/mol. The molecule has 4 rings (SSSR count). The van der Waals surface area contributed by atoms with Crippen molar-refractivity contribution in [2.75, 3.05) is 37.9 Å². The van der Waals surface area contributed by atoms with E-state index in [1.807, 2.05) is 13.0 Å². The molecule has 2 aliphatic rings. The Morgan fingerprint density at radius 1 is 1.09 bits per heavy atom. The van der Waals surface area contributed by atoms with Gasteiger partial charge in [0.25, 0.3) is 0 Å². The fourth-order valence-corrected chi connectivity index (χ4v) is 2.81. The van der Waals surface area contributed by atoms with Gasteiger partial charge in [-0.15, -0.1) is 0 Å². The fourth-order valence-electron chi connectivity index (χ4n) is 2.81. The summed E-state index contributed by atoms with van der Waals surface area (Å²) in [5.41, 5.74) is 1.24. The first-order valence-corrected chi connectivity index (χ1v) is 7.44. The molecule has 116 valence electrons. The van der Waals surface area contributed by atoms with Crippen molar-refractivity contribution in [2.24, 2.45) is 0 Å². The zero-order valence-electron chi connectivity index (χ0n) is 12.5. The van der Waals surface area contributed by atoms with Crippen LogP contribution in [0.1, 0.15) is 11.4 Å². The lowest BCUT2D eigenvalue weighted by atomic mass is 10.1. The van der Waals surface area contributed by atoms with Gasteiger partial charge in [0.05, 0.1) is 0 Å². The highest BCUT2D eigenvalue weighted by Crippen LogP contribution is 2.32. The Bertz CT molecular complexity index is 665. The molecule has 0 amide bonds. The van der Waals surface area contributed by atoms with Crippen molar-refractivity contribution in [2.45, 2.75) is 13.5 Å². The average Bonchev–Trinajstić information content (AvgIpc) is 3.16.